The van der Waals surface area contributed by atoms with Gasteiger partial charge in [0.05, 0.1) is 23.4 Å². The minimum absolute atomic E-state index is 0.00766. The number of aryl methyl sites for hydroxylation is 1. The Bertz CT molecular complexity index is 2840. The number of anilines is 1. The molecule has 0 aliphatic heterocycles. The highest BCUT2D eigenvalue weighted by Gasteiger charge is 2.57. The topological polar surface area (TPSA) is 173 Å². The number of benzene rings is 2. The first-order chi connectivity index (χ1) is 28.4. The minimum atomic E-state index is -5.13. The Hall–Kier alpha value is -6.27. The van der Waals surface area contributed by atoms with Crippen molar-refractivity contribution in [2.45, 2.75) is 75.2 Å². The number of aromatic nitrogens is 7. The number of aliphatic hydroxyl groups is 1. The number of nitrogens with one attached hydrogen (secondary N) is 3. The Kier molecular flexibility index (Phi) is 10.8. The lowest BCUT2D eigenvalue weighted by Gasteiger charge is -2.23. The van der Waals surface area contributed by atoms with E-state index < -0.39 is 93.1 Å². The van der Waals surface area contributed by atoms with Gasteiger partial charge in [-0.15, -0.1) is 0 Å². The molecule has 0 saturated heterocycles. The van der Waals surface area contributed by atoms with Gasteiger partial charge in [-0.2, -0.15) is 37.2 Å². The highest BCUT2D eigenvalue weighted by atomic mass is 32.2. The number of fused-ring (bicyclic) bond motifs is 2. The molecule has 7 rings (SSSR count). The molecule has 4 heterocycles. The van der Waals surface area contributed by atoms with Crippen molar-refractivity contribution in [2.75, 3.05) is 4.72 Å². The lowest BCUT2D eigenvalue weighted by molar-refractivity contribution is -0.143. The largest absolute Gasteiger partial charge is 0.435 e. The van der Waals surface area contributed by atoms with E-state index in [0.29, 0.717) is 27.2 Å². The molecule has 320 valence electrons. The summed E-state index contributed by atoms with van der Waals surface area (Å²) >= 11 is 0. The van der Waals surface area contributed by atoms with Gasteiger partial charge in [-0.3, -0.25) is 24.0 Å². The first-order valence-electron chi connectivity index (χ1n) is 18.5. The average molecular weight is 872 g/mol. The van der Waals surface area contributed by atoms with Crippen molar-refractivity contribution in [1.82, 2.24) is 40.1 Å². The first-order valence-corrected chi connectivity index (χ1v) is 20.0. The summed E-state index contributed by atoms with van der Waals surface area (Å²) < 4.78 is 134. The summed E-state index contributed by atoms with van der Waals surface area (Å²) in [6.07, 6.45) is -3.27. The SMILES string of the molecule is C[C@@H]1c2c(C(F)(F)F)nn(CC(=O)N[C@@H](Cc3cc(F)cc(F)c3)c3nc(C#CC(C)(C)O)ccc3-c3cccc4c(NS(=O)(=O)c5cn[nH]c5)nn(C)c34)c2C(F)(F)[C@@H]1C. The molecule has 0 saturated carbocycles. The number of carbonyl (C=O) groups is 1. The lowest BCUT2D eigenvalue weighted by Crippen LogP contribution is -2.35. The molecule has 4 N–H and O–H groups in total. The van der Waals surface area contributed by atoms with Crippen LogP contribution in [0.1, 0.15) is 73.6 Å². The number of halogens is 7. The van der Waals surface area contributed by atoms with E-state index in [2.05, 4.69) is 42.3 Å². The van der Waals surface area contributed by atoms with Gasteiger partial charge in [-0.1, -0.05) is 31.9 Å². The average Bonchev–Trinajstić information content (AvgIpc) is 3.94. The van der Waals surface area contributed by atoms with Gasteiger partial charge in [0.25, 0.3) is 15.9 Å². The number of amides is 1. The van der Waals surface area contributed by atoms with Crippen LogP contribution >= 0.6 is 0 Å². The molecule has 6 aromatic rings. The molecule has 0 spiro atoms. The molecular weight excluding hydrogens is 836 g/mol. The van der Waals surface area contributed by atoms with E-state index in [9.17, 15) is 40.3 Å². The molecule has 4 aromatic heterocycles. The fourth-order valence-corrected chi connectivity index (χ4v) is 8.30. The predicted octanol–water partition coefficient (Wildman–Crippen LogP) is 6.72. The van der Waals surface area contributed by atoms with Crippen LogP contribution in [0.25, 0.3) is 22.0 Å². The minimum Gasteiger partial charge on any atom is -0.378 e. The van der Waals surface area contributed by atoms with Crippen molar-refractivity contribution in [3.8, 4) is 23.0 Å². The smallest absolute Gasteiger partial charge is 0.378 e. The summed E-state index contributed by atoms with van der Waals surface area (Å²) in [4.78, 5) is 18.5. The number of nitrogens with zero attached hydrogens (tertiary/aromatic N) is 6. The maximum atomic E-state index is 15.6. The summed E-state index contributed by atoms with van der Waals surface area (Å²) in [6, 6.07) is 8.99. The van der Waals surface area contributed by atoms with Gasteiger partial charge in [-0.25, -0.2) is 22.2 Å². The lowest BCUT2D eigenvalue weighted by atomic mass is 9.93. The van der Waals surface area contributed by atoms with Crippen LogP contribution in [0.2, 0.25) is 0 Å². The van der Waals surface area contributed by atoms with Crippen LogP contribution in [0, 0.1) is 29.4 Å². The summed E-state index contributed by atoms with van der Waals surface area (Å²) in [5.74, 6) is -4.37. The van der Waals surface area contributed by atoms with Gasteiger partial charge < -0.3 is 10.4 Å². The number of pyridine rings is 1. The van der Waals surface area contributed by atoms with Crippen LogP contribution in [0.15, 0.2) is 65.8 Å². The molecule has 1 aliphatic carbocycles. The number of para-hydroxylation sites is 1. The van der Waals surface area contributed by atoms with Crippen LogP contribution in [0.3, 0.4) is 0 Å². The third-order valence-corrected chi connectivity index (χ3v) is 11.6. The van der Waals surface area contributed by atoms with Crippen LogP contribution in [-0.4, -0.2) is 59.8 Å². The van der Waals surface area contributed by atoms with Gasteiger partial charge >= 0.3 is 6.18 Å². The van der Waals surface area contributed by atoms with Crippen LogP contribution in [-0.2, 0) is 46.9 Å². The molecule has 13 nitrogen and oxygen atoms in total. The van der Waals surface area contributed by atoms with Crippen molar-refractivity contribution >= 4 is 32.7 Å². The van der Waals surface area contributed by atoms with Crippen molar-refractivity contribution < 1.29 is 49.1 Å². The Morgan fingerprint density at radius 2 is 1.75 bits per heavy atom. The number of rotatable bonds is 10. The molecule has 2 aromatic carbocycles. The third kappa shape index (κ3) is 8.41. The summed E-state index contributed by atoms with van der Waals surface area (Å²) in [5.41, 5.74) is -3.88. The molecule has 3 atom stereocenters. The highest BCUT2D eigenvalue weighted by Crippen LogP contribution is 2.55. The fraction of sp³-hybridized carbons (Fsp3) is 0.325. The van der Waals surface area contributed by atoms with E-state index in [1.165, 1.54) is 44.8 Å². The van der Waals surface area contributed by atoms with Gasteiger partial charge in [-0.05, 0) is 68.0 Å². The zero-order valence-electron chi connectivity index (χ0n) is 32.8. The quantitative estimate of drug-likeness (QED) is 0.0868. The second-order valence-corrected chi connectivity index (χ2v) is 16.9. The normalized spacial score (nSPS) is 16.9. The number of alkyl halides is 5. The van der Waals surface area contributed by atoms with Crippen LogP contribution < -0.4 is 10.0 Å². The summed E-state index contributed by atoms with van der Waals surface area (Å²) in [6.45, 7) is 4.04. The van der Waals surface area contributed by atoms with Crippen molar-refractivity contribution in [1.29, 1.82) is 0 Å². The molecule has 0 unspecified atom stereocenters. The number of H-pyrrole nitrogens is 1. The maximum Gasteiger partial charge on any atom is 0.435 e. The van der Waals surface area contributed by atoms with E-state index in [4.69, 9.17) is 4.98 Å². The van der Waals surface area contributed by atoms with E-state index in [-0.39, 0.29) is 33.2 Å². The van der Waals surface area contributed by atoms with Crippen molar-refractivity contribution in [3.63, 3.8) is 0 Å². The Balaban J connectivity index is 1.38. The van der Waals surface area contributed by atoms with Gasteiger partial charge in [0.15, 0.2) is 11.5 Å². The molecular formula is C40H36F7N9O4S. The molecule has 1 amide bonds. The Morgan fingerprint density at radius 1 is 1.05 bits per heavy atom. The zero-order valence-corrected chi connectivity index (χ0v) is 33.6. The summed E-state index contributed by atoms with van der Waals surface area (Å²) in [7, 11) is -2.64. The number of carbonyl (C=O) groups excluding carboxylic acids is 1. The van der Waals surface area contributed by atoms with Gasteiger partial charge in [0.2, 0.25) is 5.91 Å². The number of hydrogen-bond acceptors (Lipinski definition) is 8. The molecule has 0 bridgehead atoms. The second kappa shape index (κ2) is 15.3. The molecule has 0 fully saturated rings. The van der Waals surface area contributed by atoms with Crippen LogP contribution in [0.5, 0.6) is 0 Å². The first kappa shape index (κ1) is 42.8. The molecule has 0 radical (unpaired) electrons. The van der Waals surface area contributed by atoms with E-state index in [0.717, 1.165) is 25.3 Å². The number of aromatic amines is 1. The second-order valence-electron chi connectivity index (χ2n) is 15.2. The highest BCUT2D eigenvalue weighted by molar-refractivity contribution is 7.92. The monoisotopic (exact) mass is 871 g/mol. The van der Waals surface area contributed by atoms with E-state index in [1.807, 2.05) is 0 Å². The number of hydrogen-bond donors (Lipinski definition) is 4. The molecule has 61 heavy (non-hydrogen) atoms. The van der Waals surface area contributed by atoms with E-state index in [1.54, 1.807) is 24.3 Å². The third-order valence-electron chi connectivity index (χ3n) is 10.3. The fourth-order valence-electron chi connectivity index (χ4n) is 7.38. The predicted molar refractivity (Wildman–Crippen MR) is 206 cm³/mol. The number of sulfonamides is 1. The van der Waals surface area contributed by atoms with Gasteiger partial charge in [0.1, 0.15) is 40.1 Å². The Labute approximate surface area is 343 Å². The van der Waals surface area contributed by atoms with Crippen molar-refractivity contribution in [3.05, 3.63) is 106 Å². The zero-order chi connectivity index (χ0) is 44.4. The maximum absolute atomic E-state index is 15.6. The summed E-state index contributed by atoms with van der Waals surface area (Å²) in [5, 5.41) is 27.2. The van der Waals surface area contributed by atoms with Crippen LogP contribution in [0.4, 0.5) is 36.6 Å². The van der Waals surface area contributed by atoms with E-state index >= 15 is 8.78 Å². The van der Waals surface area contributed by atoms with Crippen molar-refractivity contribution in [2.24, 2.45) is 13.0 Å². The van der Waals surface area contributed by atoms with Gasteiger partial charge in [0, 0.05) is 47.3 Å². The molecule has 1 aliphatic rings. The molecule has 21 heteroatoms. The standard InChI is InChI=1S/C40H36F7N9O4S/c1-20-21(2)39(43,44)36-32(20)35(40(45,46)47)52-56(36)19-31(57)51-30(15-22-13-23(41)16-24(42)14-22)33-27(10-9-25(50-33)11-12-38(3,4)58)28-7-6-8-29-34(28)55(5)53-37(29)54-61(59,60)26-17-48-49-18-26/h6-10,13-14,16-18,20-21,30,58H,15,19H2,1-5H3,(H,48,49)(H,51,57)(H,53,54)/t20-,21+,30-/m0/s1. The Morgan fingerprint density at radius 3 is 2.39 bits per heavy atom.